The molecule has 2 amide bonds. The predicted octanol–water partition coefficient (Wildman–Crippen LogP) is 4.59. The van der Waals surface area contributed by atoms with E-state index in [0.29, 0.717) is 24.9 Å². The van der Waals surface area contributed by atoms with Gasteiger partial charge in [-0.05, 0) is 42.2 Å². The summed E-state index contributed by atoms with van der Waals surface area (Å²) in [5.41, 5.74) is 2.51. The molecule has 0 radical (unpaired) electrons. The van der Waals surface area contributed by atoms with Crippen LogP contribution in [0.5, 0.6) is 0 Å². The fourth-order valence-corrected chi connectivity index (χ4v) is 3.97. The van der Waals surface area contributed by atoms with Crippen LogP contribution in [0.4, 0.5) is 0 Å². The molecule has 1 atom stereocenters. The summed E-state index contributed by atoms with van der Waals surface area (Å²) < 4.78 is 0. The van der Waals surface area contributed by atoms with E-state index < -0.39 is 0 Å². The molecule has 1 N–H and O–H groups in total. The minimum Gasteiger partial charge on any atom is -0.349 e. The van der Waals surface area contributed by atoms with Crippen LogP contribution in [-0.4, -0.2) is 29.8 Å². The maximum atomic E-state index is 12.9. The van der Waals surface area contributed by atoms with Gasteiger partial charge in [-0.3, -0.25) is 9.59 Å². The van der Waals surface area contributed by atoms with Crippen LogP contribution in [0.3, 0.4) is 0 Å². The van der Waals surface area contributed by atoms with Gasteiger partial charge in [0.1, 0.15) is 0 Å². The van der Waals surface area contributed by atoms with Crippen molar-refractivity contribution >= 4 is 11.8 Å². The third-order valence-electron chi connectivity index (χ3n) is 5.62. The third kappa shape index (κ3) is 6.08. The molecule has 2 rings (SSSR count). The zero-order valence-electron chi connectivity index (χ0n) is 18.5. The first kappa shape index (κ1) is 22.4. The maximum Gasteiger partial charge on any atom is 0.225 e. The Morgan fingerprint density at radius 3 is 2.04 bits per heavy atom. The summed E-state index contributed by atoms with van der Waals surface area (Å²) in [4.78, 5) is 26.9. The van der Waals surface area contributed by atoms with Gasteiger partial charge in [0.2, 0.25) is 11.8 Å². The highest BCUT2D eigenvalue weighted by Gasteiger charge is 2.30. The summed E-state index contributed by atoms with van der Waals surface area (Å²) >= 11 is 0. The number of nitrogens with one attached hydrogen (secondary N) is 1. The van der Waals surface area contributed by atoms with Gasteiger partial charge < -0.3 is 10.2 Å². The van der Waals surface area contributed by atoms with Crippen LogP contribution in [-0.2, 0) is 16.0 Å². The number of piperidine rings is 1. The zero-order chi connectivity index (χ0) is 20.8. The molecule has 4 nitrogen and oxygen atoms in total. The number of amides is 2. The average Bonchev–Trinajstić information content (AvgIpc) is 2.65. The van der Waals surface area contributed by atoms with E-state index in [1.54, 1.807) is 0 Å². The Hall–Kier alpha value is -1.84. The fraction of sp³-hybridized carbons (Fsp3) is 0.667. The van der Waals surface area contributed by atoms with Crippen LogP contribution in [0, 0.1) is 23.7 Å². The summed E-state index contributed by atoms with van der Waals surface area (Å²) in [5.74, 6) is 1.30. The Bertz CT molecular complexity index is 641. The molecule has 0 saturated carbocycles. The summed E-state index contributed by atoms with van der Waals surface area (Å²) in [6, 6.07) is 8.72. The van der Waals surface area contributed by atoms with Crippen LogP contribution in [0.15, 0.2) is 24.3 Å². The van der Waals surface area contributed by atoms with Crippen molar-refractivity contribution in [1.82, 2.24) is 10.2 Å². The monoisotopic (exact) mass is 386 g/mol. The maximum absolute atomic E-state index is 12.9. The topological polar surface area (TPSA) is 49.4 Å². The lowest BCUT2D eigenvalue weighted by Gasteiger charge is -2.33. The Kier molecular flexibility index (Phi) is 8.09. The number of carbonyl (C=O) groups is 2. The lowest BCUT2D eigenvalue weighted by molar-refractivity contribution is -0.138. The summed E-state index contributed by atoms with van der Waals surface area (Å²) in [6.07, 6.45) is 2.58. The Morgan fingerprint density at radius 1 is 1.00 bits per heavy atom. The van der Waals surface area contributed by atoms with Gasteiger partial charge in [-0.15, -0.1) is 0 Å². The fourth-order valence-electron chi connectivity index (χ4n) is 3.97. The van der Waals surface area contributed by atoms with Crippen molar-refractivity contribution in [3.63, 3.8) is 0 Å². The zero-order valence-corrected chi connectivity index (χ0v) is 18.5. The molecular weight excluding hydrogens is 348 g/mol. The number of nitrogens with zero attached hydrogens (tertiary/aromatic N) is 1. The second-order valence-electron chi connectivity index (χ2n) is 9.32. The van der Waals surface area contributed by atoms with E-state index in [9.17, 15) is 9.59 Å². The number of hydrogen-bond acceptors (Lipinski definition) is 2. The smallest absolute Gasteiger partial charge is 0.225 e. The van der Waals surface area contributed by atoms with Crippen LogP contribution in [0.2, 0.25) is 0 Å². The molecule has 1 fully saturated rings. The lowest BCUT2D eigenvalue weighted by atomic mass is 9.91. The number of likely N-dealkylation sites (tertiary alicyclic amines) is 1. The molecule has 0 bridgehead atoms. The molecule has 1 heterocycles. The minimum absolute atomic E-state index is 0.00215. The Morgan fingerprint density at radius 2 is 1.57 bits per heavy atom. The molecule has 0 aromatic heterocycles. The molecule has 1 aromatic carbocycles. The minimum atomic E-state index is -0.00215. The number of benzene rings is 1. The highest BCUT2D eigenvalue weighted by Crippen LogP contribution is 2.25. The molecule has 156 valence electrons. The molecule has 1 aromatic rings. The third-order valence-corrected chi connectivity index (χ3v) is 5.62. The van der Waals surface area contributed by atoms with E-state index in [1.165, 1.54) is 11.1 Å². The first-order chi connectivity index (χ1) is 13.2. The number of carbonyl (C=O) groups excluding carboxylic acids is 2. The molecule has 0 spiro atoms. The van der Waals surface area contributed by atoms with Gasteiger partial charge in [0, 0.05) is 24.9 Å². The van der Waals surface area contributed by atoms with Gasteiger partial charge in [0.15, 0.2) is 0 Å². The molecular formula is C24H38N2O2. The number of rotatable bonds is 7. The highest BCUT2D eigenvalue weighted by atomic mass is 16.2. The highest BCUT2D eigenvalue weighted by molar-refractivity contribution is 5.81. The van der Waals surface area contributed by atoms with Gasteiger partial charge in [0.25, 0.3) is 0 Å². The standard InChI is InChI=1S/C24H38N2O2/c1-16(2)15-19-7-9-20(10-8-19)22(17(3)4)25-23(27)21-11-13-26(14-12-21)24(28)18(5)6/h7-10,16-18,21-22H,11-15H2,1-6H3,(H,25,27). The molecule has 4 heteroatoms. The van der Waals surface area contributed by atoms with Gasteiger partial charge in [-0.25, -0.2) is 0 Å². The predicted molar refractivity (Wildman–Crippen MR) is 115 cm³/mol. The van der Waals surface area contributed by atoms with E-state index in [0.717, 1.165) is 19.3 Å². The second kappa shape index (κ2) is 10.1. The molecule has 1 aliphatic heterocycles. The van der Waals surface area contributed by atoms with Crippen molar-refractivity contribution in [1.29, 1.82) is 0 Å². The van der Waals surface area contributed by atoms with Crippen LogP contribution < -0.4 is 5.32 Å². The average molecular weight is 387 g/mol. The first-order valence-corrected chi connectivity index (χ1v) is 10.9. The molecule has 1 unspecified atom stereocenters. The summed E-state index contributed by atoms with van der Waals surface area (Å²) in [6.45, 7) is 14.0. The Labute approximate surface area is 171 Å². The van der Waals surface area contributed by atoms with Crippen LogP contribution in [0.25, 0.3) is 0 Å². The van der Waals surface area contributed by atoms with Crippen molar-refractivity contribution in [2.45, 2.75) is 66.8 Å². The molecule has 1 aliphatic rings. The normalized spacial score (nSPS) is 16.7. The van der Waals surface area contributed by atoms with Crippen molar-refractivity contribution in [2.75, 3.05) is 13.1 Å². The van der Waals surface area contributed by atoms with Crippen LogP contribution in [0.1, 0.15) is 71.6 Å². The molecule has 1 saturated heterocycles. The summed E-state index contributed by atoms with van der Waals surface area (Å²) in [5, 5.41) is 3.29. The van der Waals surface area contributed by atoms with E-state index in [4.69, 9.17) is 0 Å². The van der Waals surface area contributed by atoms with E-state index in [-0.39, 0.29) is 29.7 Å². The van der Waals surface area contributed by atoms with E-state index >= 15 is 0 Å². The van der Waals surface area contributed by atoms with Crippen molar-refractivity contribution in [3.8, 4) is 0 Å². The molecule has 0 aliphatic carbocycles. The first-order valence-electron chi connectivity index (χ1n) is 10.9. The second-order valence-corrected chi connectivity index (χ2v) is 9.32. The lowest BCUT2D eigenvalue weighted by Crippen LogP contribution is -2.45. The van der Waals surface area contributed by atoms with Gasteiger partial charge in [-0.1, -0.05) is 65.8 Å². The SMILES string of the molecule is CC(C)Cc1ccc(C(NC(=O)C2CCN(C(=O)C(C)C)CC2)C(C)C)cc1. The number of hydrogen-bond donors (Lipinski definition) is 1. The van der Waals surface area contributed by atoms with Gasteiger partial charge in [-0.2, -0.15) is 0 Å². The van der Waals surface area contributed by atoms with Gasteiger partial charge in [0.05, 0.1) is 6.04 Å². The molecule has 28 heavy (non-hydrogen) atoms. The quantitative estimate of drug-likeness (QED) is 0.745. The van der Waals surface area contributed by atoms with Crippen molar-refractivity contribution in [2.24, 2.45) is 23.7 Å². The van der Waals surface area contributed by atoms with Crippen LogP contribution >= 0.6 is 0 Å². The largest absolute Gasteiger partial charge is 0.349 e. The van der Waals surface area contributed by atoms with E-state index in [2.05, 4.69) is 57.3 Å². The van der Waals surface area contributed by atoms with E-state index in [1.807, 2.05) is 18.7 Å². The Balaban J connectivity index is 1.97. The van der Waals surface area contributed by atoms with Gasteiger partial charge >= 0.3 is 0 Å². The summed E-state index contributed by atoms with van der Waals surface area (Å²) in [7, 11) is 0. The van der Waals surface area contributed by atoms with Crippen molar-refractivity contribution in [3.05, 3.63) is 35.4 Å². The van der Waals surface area contributed by atoms with Crippen molar-refractivity contribution < 1.29 is 9.59 Å².